The van der Waals surface area contributed by atoms with Crippen molar-refractivity contribution < 1.29 is 14.0 Å². The SMILES string of the molecule is Cc1nc(C)c(C(=O)N2CCN(C=O)CC2)o1. The maximum Gasteiger partial charge on any atom is 0.291 e. The average Bonchev–Trinajstić information content (AvgIpc) is 2.68. The summed E-state index contributed by atoms with van der Waals surface area (Å²) < 4.78 is 5.30. The van der Waals surface area contributed by atoms with Crippen molar-refractivity contribution in [2.75, 3.05) is 26.2 Å². The maximum atomic E-state index is 12.1. The second kappa shape index (κ2) is 4.57. The van der Waals surface area contributed by atoms with E-state index in [2.05, 4.69) is 4.98 Å². The van der Waals surface area contributed by atoms with E-state index in [0.717, 1.165) is 6.41 Å². The molecule has 0 unspecified atom stereocenters. The molecule has 0 aliphatic carbocycles. The Morgan fingerprint density at radius 3 is 2.41 bits per heavy atom. The number of aromatic nitrogens is 1. The molecule has 0 aromatic carbocycles. The van der Waals surface area contributed by atoms with Gasteiger partial charge in [-0.25, -0.2) is 4.98 Å². The fourth-order valence-electron chi connectivity index (χ4n) is 1.90. The highest BCUT2D eigenvalue weighted by Gasteiger charge is 2.25. The highest BCUT2D eigenvalue weighted by molar-refractivity contribution is 5.92. The zero-order valence-electron chi connectivity index (χ0n) is 9.97. The van der Waals surface area contributed by atoms with Gasteiger partial charge in [0, 0.05) is 33.1 Å². The Labute approximate surface area is 99.2 Å². The van der Waals surface area contributed by atoms with Gasteiger partial charge in [0.05, 0.1) is 5.69 Å². The predicted octanol–water partition coefficient (Wildman–Crippen LogP) is 0.206. The number of hydrogen-bond acceptors (Lipinski definition) is 4. The second-order valence-electron chi connectivity index (χ2n) is 4.08. The number of hydrogen-bond donors (Lipinski definition) is 0. The standard InChI is InChI=1S/C11H15N3O3/c1-8-10(17-9(2)12-8)11(16)14-5-3-13(7-15)4-6-14/h7H,3-6H2,1-2H3. The van der Waals surface area contributed by atoms with Crippen molar-refractivity contribution in [3.05, 3.63) is 17.3 Å². The Morgan fingerprint density at radius 2 is 1.94 bits per heavy atom. The number of carbonyl (C=O) groups is 2. The van der Waals surface area contributed by atoms with E-state index in [4.69, 9.17) is 4.42 Å². The molecule has 92 valence electrons. The number of aryl methyl sites for hydroxylation is 2. The molecule has 1 aromatic heterocycles. The lowest BCUT2D eigenvalue weighted by Crippen LogP contribution is -2.48. The van der Waals surface area contributed by atoms with E-state index >= 15 is 0 Å². The molecule has 1 aromatic rings. The van der Waals surface area contributed by atoms with Crippen LogP contribution in [0.25, 0.3) is 0 Å². The van der Waals surface area contributed by atoms with Crippen molar-refractivity contribution >= 4 is 12.3 Å². The van der Waals surface area contributed by atoms with Crippen LogP contribution in [0.3, 0.4) is 0 Å². The van der Waals surface area contributed by atoms with E-state index in [9.17, 15) is 9.59 Å². The molecular formula is C11H15N3O3. The van der Waals surface area contributed by atoms with Crippen LogP contribution in [0.1, 0.15) is 22.1 Å². The van der Waals surface area contributed by atoms with Crippen LogP contribution < -0.4 is 0 Å². The van der Waals surface area contributed by atoms with Gasteiger partial charge < -0.3 is 14.2 Å². The van der Waals surface area contributed by atoms with Crippen molar-refractivity contribution in [3.63, 3.8) is 0 Å². The Balaban J connectivity index is 2.06. The van der Waals surface area contributed by atoms with E-state index in [-0.39, 0.29) is 5.91 Å². The summed E-state index contributed by atoms with van der Waals surface area (Å²) in [7, 11) is 0. The van der Waals surface area contributed by atoms with Gasteiger partial charge in [-0.15, -0.1) is 0 Å². The molecule has 6 nitrogen and oxygen atoms in total. The molecular weight excluding hydrogens is 222 g/mol. The van der Waals surface area contributed by atoms with E-state index in [0.29, 0.717) is 43.5 Å². The van der Waals surface area contributed by atoms with E-state index in [1.54, 1.807) is 23.6 Å². The lowest BCUT2D eigenvalue weighted by Gasteiger charge is -2.31. The van der Waals surface area contributed by atoms with Crippen LogP contribution in [0, 0.1) is 13.8 Å². The molecule has 2 amide bonds. The molecule has 0 radical (unpaired) electrons. The number of oxazole rings is 1. The number of piperazine rings is 1. The second-order valence-corrected chi connectivity index (χ2v) is 4.08. The monoisotopic (exact) mass is 237 g/mol. The first-order valence-corrected chi connectivity index (χ1v) is 5.54. The first-order valence-electron chi connectivity index (χ1n) is 5.54. The number of amides is 2. The van der Waals surface area contributed by atoms with Crippen LogP contribution in [0.2, 0.25) is 0 Å². The van der Waals surface area contributed by atoms with Crippen LogP contribution >= 0.6 is 0 Å². The van der Waals surface area contributed by atoms with E-state index in [1.807, 2.05) is 0 Å². The molecule has 0 bridgehead atoms. The number of carbonyl (C=O) groups excluding carboxylic acids is 2. The molecule has 2 heterocycles. The fourth-order valence-corrected chi connectivity index (χ4v) is 1.90. The molecule has 0 N–H and O–H groups in total. The Kier molecular flexibility index (Phi) is 3.12. The minimum Gasteiger partial charge on any atom is -0.436 e. The van der Waals surface area contributed by atoms with Crippen LogP contribution in [-0.4, -0.2) is 53.3 Å². The summed E-state index contributed by atoms with van der Waals surface area (Å²) in [5, 5.41) is 0. The van der Waals surface area contributed by atoms with Crippen molar-refractivity contribution in [1.82, 2.24) is 14.8 Å². The zero-order chi connectivity index (χ0) is 12.4. The summed E-state index contributed by atoms with van der Waals surface area (Å²) in [4.78, 5) is 30.1. The third-order valence-corrected chi connectivity index (χ3v) is 2.85. The quantitative estimate of drug-likeness (QED) is 0.689. The van der Waals surface area contributed by atoms with Gasteiger partial charge in [0.2, 0.25) is 12.2 Å². The minimum atomic E-state index is -0.145. The zero-order valence-corrected chi connectivity index (χ0v) is 9.97. The molecule has 1 aliphatic heterocycles. The van der Waals surface area contributed by atoms with Crippen LogP contribution in [-0.2, 0) is 4.79 Å². The van der Waals surface area contributed by atoms with Gasteiger partial charge in [0.15, 0.2) is 5.89 Å². The molecule has 0 spiro atoms. The lowest BCUT2D eigenvalue weighted by atomic mass is 10.2. The van der Waals surface area contributed by atoms with Gasteiger partial charge in [-0.3, -0.25) is 9.59 Å². The number of nitrogens with zero attached hydrogens (tertiary/aromatic N) is 3. The van der Waals surface area contributed by atoms with Crippen LogP contribution in [0.5, 0.6) is 0 Å². The Bertz CT molecular complexity index is 433. The molecule has 17 heavy (non-hydrogen) atoms. The number of rotatable bonds is 2. The molecule has 0 atom stereocenters. The van der Waals surface area contributed by atoms with Crippen molar-refractivity contribution in [1.29, 1.82) is 0 Å². The van der Waals surface area contributed by atoms with E-state index in [1.165, 1.54) is 0 Å². The van der Waals surface area contributed by atoms with Gasteiger partial charge in [-0.05, 0) is 6.92 Å². The predicted molar refractivity (Wildman–Crippen MR) is 59.5 cm³/mol. The van der Waals surface area contributed by atoms with E-state index < -0.39 is 0 Å². The van der Waals surface area contributed by atoms with Crippen LogP contribution in [0.4, 0.5) is 0 Å². The molecule has 6 heteroatoms. The summed E-state index contributed by atoms with van der Waals surface area (Å²) >= 11 is 0. The van der Waals surface area contributed by atoms with Gasteiger partial charge in [-0.2, -0.15) is 0 Å². The molecule has 1 saturated heterocycles. The molecule has 0 saturated carbocycles. The molecule has 1 fully saturated rings. The topological polar surface area (TPSA) is 66.7 Å². The first kappa shape index (κ1) is 11.6. The average molecular weight is 237 g/mol. The van der Waals surface area contributed by atoms with Gasteiger partial charge >= 0.3 is 0 Å². The van der Waals surface area contributed by atoms with Gasteiger partial charge in [0.1, 0.15) is 0 Å². The molecule has 1 aliphatic rings. The van der Waals surface area contributed by atoms with Crippen molar-refractivity contribution in [3.8, 4) is 0 Å². The fraction of sp³-hybridized carbons (Fsp3) is 0.545. The van der Waals surface area contributed by atoms with Gasteiger partial charge in [0.25, 0.3) is 5.91 Å². The summed E-state index contributed by atoms with van der Waals surface area (Å²) in [6.07, 6.45) is 0.811. The van der Waals surface area contributed by atoms with Gasteiger partial charge in [-0.1, -0.05) is 0 Å². The Hall–Kier alpha value is -1.85. The summed E-state index contributed by atoms with van der Waals surface area (Å²) in [6.45, 7) is 5.69. The normalized spacial score (nSPS) is 16.1. The molecule has 2 rings (SSSR count). The highest BCUT2D eigenvalue weighted by atomic mass is 16.4. The third kappa shape index (κ3) is 2.30. The minimum absolute atomic E-state index is 0.145. The summed E-state index contributed by atoms with van der Waals surface area (Å²) in [5.74, 6) is 0.660. The van der Waals surface area contributed by atoms with Crippen molar-refractivity contribution in [2.24, 2.45) is 0 Å². The Morgan fingerprint density at radius 1 is 1.29 bits per heavy atom. The summed E-state index contributed by atoms with van der Waals surface area (Å²) in [5.41, 5.74) is 0.616. The first-order chi connectivity index (χ1) is 8.11. The largest absolute Gasteiger partial charge is 0.436 e. The lowest BCUT2D eigenvalue weighted by molar-refractivity contribution is -0.119. The highest BCUT2D eigenvalue weighted by Crippen LogP contribution is 2.13. The van der Waals surface area contributed by atoms with Crippen molar-refractivity contribution in [2.45, 2.75) is 13.8 Å². The third-order valence-electron chi connectivity index (χ3n) is 2.85. The summed E-state index contributed by atoms with van der Waals surface area (Å²) in [6, 6.07) is 0. The smallest absolute Gasteiger partial charge is 0.291 e. The van der Waals surface area contributed by atoms with Crippen LogP contribution in [0.15, 0.2) is 4.42 Å². The maximum absolute atomic E-state index is 12.1.